The van der Waals surface area contributed by atoms with Gasteiger partial charge in [0.15, 0.2) is 0 Å². The minimum Gasteiger partial charge on any atom is -0.494 e. The molecule has 140 valence electrons. The van der Waals surface area contributed by atoms with Gasteiger partial charge in [-0.25, -0.2) is 0 Å². The summed E-state index contributed by atoms with van der Waals surface area (Å²) in [7, 11) is 1.54. The summed E-state index contributed by atoms with van der Waals surface area (Å²) in [4.78, 5) is 24.2. The van der Waals surface area contributed by atoms with Crippen LogP contribution in [0.3, 0.4) is 0 Å². The number of nitrogens with one attached hydrogen (secondary N) is 3. The van der Waals surface area contributed by atoms with E-state index in [2.05, 4.69) is 16.0 Å². The van der Waals surface area contributed by atoms with Gasteiger partial charge in [-0.05, 0) is 37.4 Å². The van der Waals surface area contributed by atoms with Crippen molar-refractivity contribution in [1.29, 1.82) is 0 Å². The van der Waals surface area contributed by atoms with E-state index in [0.29, 0.717) is 23.5 Å². The van der Waals surface area contributed by atoms with Crippen molar-refractivity contribution in [3.8, 4) is 5.75 Å². The zero-order chi connectivity index (χ0) is 17.5. The number of carbonyl (C=O) groups excluding carboxylic acids is 2. The fourth-order valence-corrected chi connectivity index (χ4v) is 2.75. The predicted molar refractivity (Wildman–Crippen MR) is 103 cm³/mol. The van der Waals surface area contributed by atoms with Crippen molar-refractivity contribution in [3.63, 3.8) is 0 Å². The molecule has 25 heavy (non-hydrogen) atoms. The first-order valence-electron chi connectivity index (χ1n) is 8.51. The third kappa shape index (κ3) is 6.55. The van der Waals surface area contributed by atoms with Crippen LogP contribution < -0.4 is 20.7 Å². The van der Waals surface area contributed by atoms with E-state index in [-0.39, 0.29) is 36.2 Å². The molecule has 0 bridgehead atoms. The highest BCUT2D eigenvalue weighted by molar-refractivity contribution is 5.96. The Balaban J connectivity index is 0.00000312. The highest BCUT2D eigenvalue weighted by Crippen LogP contribution is 2.28. The monoisotopic (exact) mass is 369 g/mol. The van der Waals surface area contributed by atoms with Crippen LogP contribution in [0.25, 0.3) is 0 Å². The van der Waals surface area contributed by atoms with Crippen LogP contribution in [0.2, 0.25) is 0 Å². The second-order valence-corrected chi connectivity index (χ2v) is 6.55. The normalized spacial score (nSPS) is 16.7. The maximum Gasteiger partial charge on any atom is 0.241 e. The number of amides is 2. The third-order valence-corrected chi connectivity index (χ3v) is 3.96. The van der Waals surface area contributed by atoms with Crippen molar-refractivity contribution < 1.29 is 14.3 Å². The van der Waals surface area contributed by atoms with Crippen molar-refractivity contribution >= 4 is 35.6 Å². The van der Waals surface area contributed by atoms with E-state index in [4.69, 9.17) is 4.74 Å². The maximum absolute atomic E-state index is 12.3. The number of anilines is 2. The molecule has 1 aromatic rings. The number of carbonyl (C=O) groups is 2. The maximum atomic E-state index is 12.3. The van der Waals surface area contributed by atoms with Gasteiger partial charge in [0.1, 0.15) is 5.75 Å². The molecule has 0 aromatic heterocycles. The van der Waals surface area contributed by atoms with Crippen molar-refractivity contribution in [2.45, 2.75) is 45.6 Å². The van der Waals surface area contributed by atoms with Gasteiger partial charge in [-0.3, -0.25) is 9.59 Å². The number of piperidine rings is 1. The van der Waals surface area contributed by atoms with Crippen LogP contribution in [0, 0.1) is 5.92 Å². The Labute approximate surface area is 155 Å². The molecular weight excluding hydrogens is 342 g/mol. The number of hydrogen-bond donors (Lipinski definition) is 3. The summed E-state index contributed by atoms with van der Waals surface area (Å²) in [6.45, 7) is 4.87. The van der Waals surface area contributed by atoms with Gasteiger partial charge < -0.3 is 20.7 Å². The first-order valence-corrected chi connectivity index (χ1v) is 8.51. The molecular formula is C18H28ClN3O3. The van der Waals surface area contributed by atoms with Gasteiger partial charge in [0.05, 0.1) is 18.8 Å². The topological polar surface area (TPSA) is 79.5 Å². The van der Waals surface area contributed by atoms with Crippen LogP contribution in [0.15, 0.2) is 18.2 Å². The summed E-state index contributed by atoms with van der Waals surface area (Å²) in [5.74, 6) is 0.735. The zero-order valence-corrected chi connectivity index (χ0v) is 15.9. The molecule has 1 aliphatic rings. The Bertz CT molecular complexity index is 587. The molecule has 3 N–H and O–H groups in total. The largest absolute Gasteiger partial charge is 0.494 e. The Morgan fingerprint density at radius 2 is 2.04 bits per heavy atom. The lowest BCUT2D eigenvalue weighted by atomic mass is 10.0. The molecule has 0 radical (unpaired) electrons. The lowest BCUT2D eigenvalue weighted by Gasteiger charge is -2.22. The van der Waals surface area contributed by atoms with Gasteiger partial charge in [0.2, 0.25) is 11.8 Å². The van der Waals surface area contributed by atoms with E-state index in [1.807, 2.05) is 13.8 Å². The number of methoxy groups -OCH3 is 1. The molecule has 1 saturated heterocycles. The standard InChI is InChI=1S/C18H27N3O3.ClH/c1-12(2)10-17(22)21-14-8-7-13(11-16(14)24-3)20-18(23)15-6-4-5-9-19-15;/h7-8,11-12,15,19H,4-6,9-10H2,1-3H3,(H,20,23)(H,21,22);1H/t15-;/m1./s1. The predicted octanol–water partition coefficient (Wildman–Crippen LogP) is 3.18. The minimum atomic E-state index is -0.143. The van der Waals surface area contributed by atoms with Crippen LogP contribution >= 0.6 is 12.4 Å². The molecule has 1 heterocycles. The molecule has 1 fully saturated rings. The molecule has 6 nitrogen and oxygen atoms in total. The second-order valence-electron chi connectivity index (χ2n) is 6.55. The number of halogens is 1. The van der Waals surface area contributed by atoms with Gasteiger partial charge in [0, 0.05) is 18.2 Å². The molecule has 2 rings (SSSR count). The lowest BCUT2D eigenvalue weighted by molar-refractivity contribution is -0.119. The van der Waals surface area contributed by atoms with Gasteiger partial charge in [-0.1, -0.05) is 20.3 Å². The highest BCUT2D eigenvalue weighted by atomic mass is 35.5. The van der Waals surface area contributed by atoms with E-state index in [1.54, 1.807) is 25.3 Å². The van der Waals surface area contributed by atoms with E-state index >= 15 is 0 Å². The van der Waals surface area contributed by atoms with Crippen LogP contribution in [0.4, 0.5) is 11.4 Å². The van der Waals surface area contributed by atoms with Crippen LogP contribution in [0.1, 0.15) is 39.5 Å². The molecule has 7 heteroatoms. The van der Waals surface area contributed by atoms with Crippen molar-refractivity contribution in [2.75, 3.05) is 24.3 Å². The van der Waals surface area contributed by atoms with Crippen molar-refractivity contribution in [2.24, 2.45) is 5.92 Å². The fourth-order valence-electron chi connectivity index (χ4n) is 2.75. The second kappa shape index (κ2) is 10.3. The molecule has 0 saturated carbocycles. The molecule has 1 aromatic carbocycles. The smallest absolute Gasteiger partial charge is 0.241 e. The van der Waals surface area contributed by atoms with Crippen molar-refractivity contribution in [3.05, 3.63) is 18.2 Å². The average Bonchev–Trinajstić information content (AvgIpc) is 2.56. The minimum absolute atomic E-state index is 0. The number of hydrogen-bond acceptors (Lipinski definition) is 4. The van der Waals surface area contributed by atoms with Crippen LogP contribution in [0.5, 0.6) is 5.75 Å². The number of ether oxygens (including phenoxy) is 1. The van der Waals surface area contributed by atoms with Gasteiger partial charge in [0.25, 0.3) is 0 Å². The van der Waals surface area contributed by atoms with E-state index in [1.165, 1.54) is 0 Å². The Kier molecular flexibility index (Phi) is 8.72. The number of rotatable bonds is 6. The van der Waals surface area contributed by atoms with E-state index < -0.39 is 0 Å². The van der Waals surface area contributed by atoms with Gasteiger partial charge in [-0.15, -0.1) is 12.4 Å². The third-order valence-electron chi connectivity index (χ3n) is 3.96. The Hall–Kier alpha value is -1.79. The van der Waals surface area contributed by atoms with E-state index in [9.17, 15) is 9.59 Å². The zero-order valence-electron chi connectivity index (χ0n) is 15.1. The summed E-state index contributed by atoms with van der Waals surface area (Å²) in [5.41, 5.74) is 1.27. The molecule has 0 spiro atoms. The molecule has 2 amide bonds. The van der Waals surface area contributed by atoms with Gasteiger partial charge >= 0.3 is 0 Å². The molecule has 1 atom stereocenters. The summed E-state index contributed by atoms with van der Waals surface area (Å²) in [5, 5.41) is 8.98. The average molecular weight is 370 g/mol. The summed E-state index contributed by atoms with van der Waals surface area (Å²) >= 11 is 0. The molecule has 0 unspecified atom stereocenters. The quantitative estimate of drug-likeness (QED) is 0.719. The van der Waals surface area contributed by atoms with E-state index in [0.717, 1.165) is 25.8 Å². The lowest BCUT2D eigenvalue weighted by Crippen LogP contribution is -2.43. The highest BCUT2D eigenvalue weighted by Gasteiger charge is 2.20. The number of benzene rings is 1. The first-order chi connectivity index (χ1) is 11.5. The Morgan fingerprint density at radius 3 is 2.64 bits per heavy atom. The van der Waals surface area contributed by atoms with Crippen LogP contribution in [-0.2, 0) is 9.59 Å². The van der Waals surface area contributed by atoms with Crippen LogP contribution in [-0.4, -0.2) is 31.5 Å². The SMILES string of the molecule is COc1cc(NC(=O)[C@H]2CCCCN2)ccc1NC(=O)CC(C)C.Cl. The van der Waals surface area contributed by atoms with Crippen molar-refractivity contribution in [1.82, 2.24) is 5.32 Å². The molecule has 1 aliphatic heterocycles. The Morgan fingerprint density at radius 1 is 1.28 bits per heavy atom. The summed E-state index contributed by atoms with van der Waals surface area (Å²) < 4.78 is 5.34. The molecule has 0 aliphatic carbocycles. The first kappa shape index (κ1) is 21.3. The summed E-state index contributed by atoms with van der Waals surface area (Å²) in [6.07, 6.45) is 3.49. The fraction of sp³-hybridized carbons (Fsp3) is 0.556. The summed E-state index contributed by atoms with van der Waals surface area (Å²) in [6, 6.07) is 5.11. The van der Waals surface area contributed by atoms with Gasteiger partial charge in [-0.2, -0.15) is 0 Å².